The molecule has 3 aromatic carbocycles. The number of nitrogens with zero attached hydrogens (tertiary/aromatic N) is 1. The first-order valence-corrected chi connectivity index (χ1v) is 15.8. The molecule has 7 heteroatoms. The Morgan fingerprint density at radius 2 is 1.50 bits per heavy atom. The molecule has 3 aromatic rings. The van der Waals surface area contributed by atoms with Gasteiger partial charge in [-0.1, -0.05) is 76.1 Å². The Labute approximate surface area is 260 Å². The Balaban J connectivity index is 1.46. The number of rotatable bonds is 8. The van der Waals surface area contributed by atoms with Gasteiger partial charge in [0.15, 0.2) is 23.1 Å². The van der Waals surface area contributed by atoms with Crippen LogP contribution < -0.4 is 9.47 Å². The molecule has 42 heavy (non-hydrogen) atoms. The minimum absolute atomic E-state index is 0.104. The van der Waals surface area contributed by atoms with Gasteiger partial charge in [-0.25, -0.2) is 0 Å². The summed E-state index contributed by atoms with van der Waals surface area (Å²) >= 11 is 10.5. The first-order valence-electron chi connectivity index (χ1n) is 14.6. The van der Waals surface area contributed by atoms with Crippen LogP contribution in [0.2, 0.25) is 5.02 Å². The van der Waals surface area contributed by atoms with Crippen LogP contribution in [0.3, 0.4) is 0 Å². The molecule has 0 aromatic heterocycles. The van der Waals surface area contributed by atoms with Crippen molar-refractivity contribution in [1.82, 2.24) is 4.90 Å². The van der Waals surface area contributed by atoms with E-state index >= 15 is 0 Å². The minimum atomic E-state index is -0.475. The summed E-state index contributed by atoms with van der Waals surface area (Å²) < 4.78 is 13.2. The van der Waals surface area contributed by atoms with Crippen molar-refractivity contribution in [3.05, 3.63) is 115 Å². The lowest BCUT2D eigenvalue weighted by Gasteiger charge is -2.44. The van der Waals surface area contributed by atoms with Gasteiger partial charge in [0.1, 0.15) is 6.61 Å². The maximum Gasteiger partial charge on any atom is 0.180 e. The topological polar surface area (TPSA) is 55.8 Å². The van der Waals surface area contributed by atoms with Crippen LogP contribution in [0, 0.1) is 0 Å². The van der Waals surface area contributed by atoms with E-state index in [4.69, 9.17) is 21.1 Å². The van der Waals surface area contributed by atoms with Gasteiger partial charge in [0.25, 0.3) is 0 Å². The van der Waals surface area contributed by atoms with Gasteiger partial charge in [0.05, 0.1) is 11.6 Å². The van der Waals surface area contributed by atoms with Gasteiger partial charge in [-0.2, -0.15) is 0 Å². The molecule has 0 saturated heterocycles. The molecular formula is C35H33BrClNO4. The molecule has 6 rings (SSSR count). The second-order valence-corrected chi connectivity index (χ2v) is 12.2. The average molecular weight is 647 g/mol. The van der Waals surface area contributed by atoms with Crippen molar-refractivity contribution in [1.29, 1.82) is 0 Å². The molecule has 1 heterocycles. The smallest absolute Gasteiger partial charge is 0.180 e. The molecule has 216 valence electrons. The molecule has 0 radical (unpaired) electrons. The predicted octanol–water partition coefficient (Wildman–Crippen LogP) is 8.69. The molecule has 0 spiro atoms. The van der Waals surface area contributed by atoms with E-state index in [0.29, 0.717) is 49.1 Å². The maximum atomic E-state index is 13.7. The number of carbonyl (C=O) groups excluding carboxylic acids is 2. The number of hydrogen-bond donors (Lipinski definition) is 0. The number of benzene rings is 3. The molecule has 5 nitrogen and oxygen atoms in total. The number of allylic oxidation sites excluding steroid dienone is 4. The van der Waals surface area contributed by atoms with Crippen LogP contribution in [0.25, 0.3) is 0 Å². The lowest BCUT2D eigenvalue weighted by atomic mass is 9.71. The number of carbonyl (C=O) groups is 2. The van der Waals surface area contributed by atoms with Gasteiger partial charge in [-0.15, -0.1) is 0 Å². The van der Waals surface area contributed by atoms with Crippen LogP contribution >= 0.6 is 27.5 Å². The van der Waals surface area contributed by atoms with Gasteiger partial charge < -0.3 is 14.4 Å². The minimum Gasteiger partial charge on any atom is -0.490 e. The van der Waals surface area contributed by atoms with Crippen LogP contribution in [0.15, 0.2) is 93.7 Å². The Morgan fingerprint density at radius 3 is 2.14 bits per heavy atom. The Kier molecular flexibility index (Phi) is 8.55. The Bertz CT molecular complexity index is 1550. The highest BCUT2D eigenvalue weighted by atomic mass is 79.9. The van der Waals surface area contributed by atoms with Crippen molar-refractivity contribution < 1.29 is 19.1 Å². The second kappa shape index (κ2) is 12.5. The monoisotopic (exact) mass is 645 g/mol. The quantitative estimate of drug-likeness (QED) is 0.245. The van der Waals surface area contributed by atoms with Crippen molar-refractivity contribution in [2.75, 3.05) is 6.61 Å². The fourth-order valence-electron chi connectivity index (χ4n) is 6.43. The maximum absolute atomic E-state index is 13.7. The molecule has 2 aliphatic carbocycles. The SMILES string of the molecule is CCOc1cc(C2C3=C(CCCC3=O)N(Cc3ccccc3)C3=C2C(=O)CCC3)cc(Cl)c1OCc1ccccc1Br. The van der Waals surface area contributed by atoms with E-state index in [1.54, 1.807) is 0 Å². The highest BCUT2D eigenvalue weighted by molar-refractivity contribution is 9.10. The van der Waals surface area contributed by atoms with Gasteiger partial charge in [-0.3, -0.25) is 9.59 Å². The largest absolute Gasteiger partial charge is 0.490 e. The standard InChI is InChI=1S/C35H33BrClNO4/c1-2-41-31-19-24(18-26(37)35(31)42-21-23-12-6-7-13-25(23)36)32-33-27(14-8-16-29(33)39)38(20-22-10-4-3-5-11-22)28-15-9-17-30(40)34(28)32/h3-7,10-13,18-19,32H,2,8-9,14-17,20-21H2,1H3. The fraction of sp³-hybridized carbons (Fsp3) is 0.314. The van der Waals surface area contributed by atoms with Crippen molar-refractivity contribution in [3.63, 3.8) is 0 Å². The summed E-state index contributed by atoms with van der Waals surface area (Å²) in [5.74, 6) is 0.694. The Hall–Kier alpha value is -3.35. The molecule has 3 aliphatic rings. The summed E-state index contributed by atoms with van der Waals surface area (Å²) in [4.78, 5) is 29.7. The summed E-state index contributed by atoms with van der Waals surface area (Å²) in [7, 11) is 0. The van der Waals surface area contributed by atoms with Gasteiger partial charge in [0.2, 0.25) is 0 Å². The summed E-state index contributed by atoms with van der Waals surface area (Å²) in [6, 6.07) is 21.9. The molecule has 0 unspecified atom stereocenters. The molecule has 0 fully saturated rings. The second-order valence-electron chi connectivity index (χ2n) is 10.9. The zero-order valence-corrected chi connectivity index (χ0v) is 26.0. The highest BCUT2D eigenvalue weighted by Gasteiger charge is 2.43. The van der Waals surface area contributed by atoms with E-state index in [1.165, 1.54) is 0 Å². The normalized spacial score (nSPS) is 17.4. The van der Waals surface area contributed by atoms with Gasteiger partial charge >= 0.3 is 0 Å². The number of ether oxygens (including phenoxy) is 2. The third kappa shape index (κ3) is 5.55. The number of hydrogen-bond acceptors (Lipinski definition) is 5. The zero-order chi connectivity index (χ0) is 29.2. The van der Waals surface area contributed by atoms with E-state index in [1.807, 2.05) is 61.5 Å². The summed E-state index contributed by atoms with van der Waals surface area (Å²) in [5, 5.41) is 0.394. The van der Waals surface area contributed by atoms with Crippen LogP contribution in [0.4, 0.5) is 0 Å². The third-order valence-corrected chi connectivity index (χ3v) is 9.32. The fourth-order valence-corrected chi connectivity index (χ4v) is 7.10. The zero-order valence-electron chi connectivity index (χ0n) is 23.6. The lowest BCUT2D eigenvalue weighted by molar-refractivity contribution is -0.117. The van der Waals surface area contributed by atoms with Crippen molar-refractivity contribution in [2.24, 2.45) is 0 Å². The van der Waals surface area contributed by atoms with Crippen LogP contribution in [0.5, 0.6) is 11.5 Å². The first kappa shape index (κ1) is 28.8. The van der Waals surface area contributed by atoms with E-state index < -0.39 is 5.92 Å². The molecule has 0 amide bonds. The molecule has 0 saturated carbocycles. The van der Waals surface area contributed by atoms with E-state index in [9.17, 15) is 9.59 Å². The number of Topliss-reactive ketones (excluding diaryl/α,β-unsaturated/α-hetero) is 2. The Morgan fingerprint density at radius 1 is 0.857 bits per heavy atom. The molecule has 1 aliphatic heterocycles. The summed E-state index contributed by atoms with van der Waals surface area (Å²) in [6.45, 7) is 3.27. The number of ketones is 2. The average Bonchev–Trinajstić information content (AvgIpc) is 2.99. The van der Waals surface area contributed by atoms with Crippen LogP contribution in [0.1, 0.15) is 68.1 Å². The van der Waals surface area contributed by atoms with Crippen molar-refractivity contribution in [2.45, 2.75) is 64.5 Å². The third-order valence-electron chi connectivity index (χ3n) is 8.26. The lowest BCUT2D eigenvalue weighted by Crippen LogP contribution is -2.38. The van der Waals surface area contributed by atoms with E-state index in [2.05, 4.69) is 33.0 Å². The molecule has 0 atom stereocenters. The predicted molar refractivity (Wildman–Crippen MR) is 168 cm³/mol. The summed E-state index contributed by atoms with van der Waals surface area (Å²) in [6.07, 6.45) is 4.16. The van der Waals surface area contributed by atoms with Crippen molar-refractivity contribution >= 4 is 39.1 Å². The number of halogens is 2. The van der Waals surface area contributed by atoms with E-state index in [-0.39, 0.29) is 11.6 Å². The summed E-state index contributed by atoms with van der Waals surface area (Å²) in [5.41, 5.74) is 6.46. The molecule has 0 bridgehead atoms. The first-order chi connectivity index (χ1) is 20.5. The molecule has 0 N–H and O–H groups in total. The highest BCUT2D eigenvalue weighted by Crippen LogP contribution is 2.51. The van der Waals surface area contributed by atoms with Crippen molar-refractivity contribution in [3.8, 4) is 11.5 Å². The van der Waals surface area contributed by atoms with Crippen LogP contribution in [-0.4, -0.2) is 23.1 Å². The van der Waals surface area contributed by atoms with Crippen LogP contribution in [-0.2, 0) is 22.7 Å². The van der Waals surface area contributed by atoms with E-state index in [0.717, 1.165) is 69.4 Å². The molecular weight excluding hydrogens is 614 g/mol. The van der Waals surface area contributed by atoms with Gasteiger partial charge in [0, 0.05) is 57.9 Å². The van der Waals surface area contributed by atoms with Gasteiger partial charge in [-0.05, 0) is 61.9 Å².